The lowest BCUT2D eigenvalue weighted by atomic mass is 9.86. The molecule has 1 saturated heterocycles. The van der Waals surface area contributed by atoms with Crippen LogP contribution in [0.2, 0.25) is 10.0 Å². The number of carbonyl (C=O) groups excluding carboxylic acids is 1. The van der Waals surface area contributed by atoms with E-state index < -0.39 is 5.92 Å². The first-order valence-electron chi connectivity index (χ1n) is 13.0. The van der Waals surface area contributed by atoms with E-state index in [1.54, 1.807) is 17.7 Å². The zero-order valence-electron chi connectivity index (χ0n) is 20.9. The first-order valence-corrected chi connectivity index (χ1v) is 13.7. The molecule has 0 radical (unpaired) electrons. The Hall–Kier alpha value is -1.28. The molecule has 5 rings (SSSR count). The number of amides is 1. The van der Waals surface area contributed by atoms with Crippen LogP contribution in [0.1, 0.15) is 68.4 Å². The molecule has 3 aliphatic rings. The summed E-state index contributed by atoms with van der Waals surface area (Å²) in [5.74, 6) is 0.840. The Bertz CT molecular complexity index is 1080. The van der Waals surface area contributed by atoms with Gasteiger partial charge in [-0.2, -0.15) is 0 Å². The Labute approximate surface area is 242 Å². The molecule has 2 aromatic carbocycles. The predicted molar refractivity (Wildman–Crippen MR) is 143 cm³/mol. The van der Waals surface area contributed by atoms with Gasteiger partial charge in [-0.25, -0.2) is 0 Å². The van der Waals surface area contributed by atoms with Crippen LogP contribution < -0.4 is 34.0 Å². The second-order valence-electron chi connectivity index (χ2n) is 10.7. The molecule has 1 amide bonds. The highest BCUT2D eigenvalue weighted by Crippen LogP contribution is 2.46. The number of piperidine rings is 1. The van der Waals surface area contributed by atoms with Crippen molar-refractivity contribution in [1.29, 1.82) is 0 Å². The minimum atomic E-state index is -0.492. The molecule has 2 aliphatic heterocycles. The lowest BCUT2D eigenvalue weighted by molar-refractivity contribution is -0.910. The van der Waals surface area contributed by atoms with Crippen molar-refractivity contribution in [2.24, 2.45) is 0 Å². The lowest BCUT2D eigenvalue weighted by Crippen LogP contribution is -3.00. The zero-order valence-corrected chi connectivity index (χ0v) is 24.5. The van der Waals surface area contributed by atoms with Crippen molar-refractivity contribution in [3.8, 4) is 11.5 Å². The molecule has 36 heavy (non-hydrogen) atoms. The maximum atomic E-state index is 13.7. The SMILES string of the molecule is C[N+]1(CC2=CCCCCCC2)CCC(NC(=O)C2c3cc(Cl)ccc3Oc3ccc(Cl)cc32)CC1.[I-]. The summed E-state index contributed by atoms with van der Waals surface area (Å²) in [4.78, 5) is 13.7. The fourth-order valence-electron chi connectivity index (χ4n) is 5.91. The second kappa shape index (κ2) is 12.1. The predicted octanol–water partition coefficient (Wildman–Crippen LogP) is 4.24. The number of ether oxygens (including phenoxy) is 1. The fraction of sp³-hybridized carbons (Fsp3) is 0.483. The van der Waals surface area contributed by atoms with E-state index in [0.29, 0.717) is 21.5 Å². The highest BCUT2D eigenvalue weighted by molar-refractivity contribution is 6.31. The summed E-state index contributed by atoms with van der Waals surface area (Å²) in [7, 11) is 2.38. The summed E-state index contributed by atoms with van der Waals surface area (Å²) in [5, 5.41) is 4.54. The van der Waals surface area contributed by atoms with Gasteiger partial charge in [0, 0.05) is 40.1 Å². The highest BCUT2D eigenvalue weighted by Gasteiger charge is 2.36. The number of hydrogen-bond acceptors (Lipinski definition) is 2. The van der Waals surface area contributed by atoms with E-state index >= 15 is 0 Å². The average Bonchev–Trinajstić information content (AvgIpc) is 2.81. The summed E-state index contributed by atoms with van der Waals surface area (Å²) >= 11 is 12.6. The molecule has 0 atom stereocenters. The Morgan fingerprint density at radius 1 is 0.972 bits per heavy atom. The van der Waals surface area contributed by atoms with E-state index in [1.807, 2.05) is 24.3 Å². The Kier molecular flexibility index (Phi) is 9.29. The first kappa shape index (κ1) is 27.7. The van der Waals surface area contributed by atoms with Crippen LogP contribution in [-0.4, -0.2) is 43.1 Å². The Balaban J connectivity index is 0.00000304. The van der Waals surface area contributed by atoms with Gasteiger partial charge in [-0.3, -0.25) is 4.79 Å². The van der Waals surface area contributed by atoms with Gasteiger partial charge in [0.2, 0.25) is 5.91 Å². The molecule has 0 bridgehead atoms. The molecule has 0 spiro atoms. The van der Waals surface area contributed by atoms with E-state index in [0.717, 1.165) is 48.1 Å². The van der Waals surface area contributed by atoms with Gasteiger partial charge in [0.1, 0.15) is 18.0 Å². The average molecular weight is 641 g/mol. The van der Waals surface area contributed by atoms with Crippen molar-refractivity contribution in [2.45, 2.75) is 63.3 Å². The van der Waals surface area contributed by atoms with E-state index in [2.05, 4.69) is 18.4 Å². The van der Waals surface area contributed by atoms with Crippen LogP contribution in [-0.2, 0) is 4.79 Å². The maximum absolute atomic E-state index is 13.7. The third-order valence-corrected chi connectivity index (χ3v) is 8.37. The van der Waals surface area contributed by atoms with E-state index in [9.17, 15) is 4.79 Å². The molecule has 4 nitrogen and oxygen atoms in total. The summed E-state index contributed by atoms with van der Waals surface area (Å²) < 4.78 is 7.14. The number of rotatable bonds is 4. The number of benzene rings is 2. The first-order chi connectivity index (χ1) is 16.9. The summed E-state index contributed by atoms with van der Waals surface area (Å²) in [6, 6.07) is 11.1. The van der Waals surface area contributed by atoms with Gasteiger partial charge in [0.05, 0.1) is 26.1 Å². The van der Waals surface area contributed by atoms with Crippen LogP contribution in [0.15, 0.2) is 48.0 Å². The van der Waals surface area contributed by atoms with E-state index in [4.69, 9.17) is 27.9 Å². The molecule has 1 fully saturated rings. The van der Waals surface area contributed by atoms with Gasteiger partial charge in [-0.15, -0.1) is 0 Å². The Morgan fingerprint density at radius 2 is 1.58 bits per heavy atom. The third-order valence-electron chi connectivity index (χ3n) is 7.90. The quantitative estimate of drug-likeness (QED) is 0.309. The van der Waals surface area contributed by atoms with Crippen molar-refractivity contribution in [2.75, 3.05) is 26.7 Å². The van der Waals surface area contributed by atoms with E-state index in [1.165, 1.54) is 38.5 Å². The number of allylic oxidation sites excluding steroid dienone is 1. The molecule has 0 aromatic heterocycles. The van der Waals surface area contributed by atoms with Gasteiger partial charge >= 0.3 is 0 Å². The summed E-state index contributed by atoms with van der Waals surface area (Å²) in [6.45, 7) is 3.32. The molecular formula is C29H35Cl2IN2O2. The molecule has 194 valence electrons. The maximum Gasteiger partial charge on any atom is 0.232 e. The number of nitrogens with zero attached hydrogens (tertiary/aromatic N) is 1. The van der Waals surface area contributed by atoms with Crippen molar-refractivity contribution in [3.63, 3.8) is 0 Å². The van der Waals surface area contributed by atoms with Crippen molar-refractivity contribution in [3.05, 3.63) is 69.2 Å². The minimum absolute atomic E-state index is 0. The van der Waals surface area contributed by atoms with Crippen molar-refractivity contribution >= 4 is 29.1 Å². The number of halogens is 3. The van der Waals surface area contributed by atoms with E-state index in [-0.39, 0.29) is 35.9 Å². The highest BCUT2D eigenvalue weighted by atomic mass is 127. The number of hydrogen-bond donors (Lipinski definition) is 1. The summed E-state index contributed by atoms with van der Waals surface area (Å²) in [5.41, 5.74) is 3.22. The molecule has 1 aliphatic carbocycles. The van der Waals surface area contributed by atoms with Gasteiger partial charge in [-0.05, 0) is 67.7 Å². The fourth-order valence-corrected chi connectivity index (χ4v) is 6.28. The minimum Gasteiger partial charge on any atom is -1.00 e. The number of quaternary nitrogens is 1. The third kappa shape index (κ3) is 6.40. The molecule has 0 saturated carbocycles. The summed E-state index contributed by atoms with van der Waals surface area (Å²) in [6.07, 6.45) is 12.4. The number of likely N-dealkylation sites (tertiary alicyclic amines) is 1. The van der Waals surface area contributed by atoms with Crippen molar-refractivity contribution in [1.82, 2.24) is 5.32 Å². The zero-order chi connectivity index (χ0) is 24.4. The number of likely N-dealkylation sites (N-methyl/N-ethyl adjacent to an activating group) is 1. The number of carbonyl (C=O) groups is 1. The van der Waals surface area contributed by atoms with Crippen LogP contribution in [0.3, 0.4) is 0 Å². The van der Waals surface area contributed by atoms with Crippen LogP contribution in [0.25, 0.3) is 0 Å². The molecular weight excluding hydrogens is 606 g/mol. The van der Waals surface area contributed by atoms with Gasteiger partial charge in [0.25, 0.3) is 0 Å². The monoisotopic (exact) mass is 640 g/mol. The van der Waals surface area contributed by atoms with Crippen LogP contribution in [0, 0.1) is 0 Å². The molecule has 1 N–H and O–H groups in total. The molecule has 0 unspecified atom stereocenters. The largest absolute Gasteiger partial charge is 1.00 e. The lowest BCUT2D eigenvalue weighted by Gasteiger charge is -2.42. The normalized spacial score (nSPS) is 24.1. The smallest absolute Gasteiger partial charge is 0.232 e. The molecule has 2 aromatic rings. The van der Waals surface area contributed by atoms with Gasteiger partial charge < -0.3 is 38.5 Å². The standard InChI is InChI=1S/C29H34Cl2N2O2.HI/c1-33(19-20-7-5-3-2-4-6-8-20)15-13-23(14-16-33)32-29(34)28-24-17-21(30)9-11-26(24)35-27-12-10-22(31)18-25(27)28;/h7,9-12,17-18,23,28H,2-6,8,13-16,19H2,1H3;1H. The van der Waals surface area contributed by atoms with Gasteiger partial charge in [-0.1, -0.05) is 42.1 Å². The molecule has 7 heteroatoms. The van der Waals surface area contributed by atoms with Crippen molar-refractivity contribution < 1.29 is 38.0 Å². The van der Waals surface area contributed by atoms with Gasteiger partial charge in [0.15, 0.2) is 0 Å². The topological polar surface area (TPSA) is 38.3 Å². The van der Waals surface area contributed by atoms with Crippen LogP contribution >= 0.6 is 23.2 Å². The molecule has 2 heterocycles. The number of nitrogens with one attached hydrogen (secondary N) is 1. The van der Waals surface area contributed by atoms with Crippen LogP contribution in [0.4, 0.5) is 0 Å². The Morgan fingerprint density at radius 3 is 2.22 bits per heavy atom. The van der Waals surface area contributed by atoms with Crippen LogP contribution in [0.5, 0.6) is 11.5 Å². The number of fused-ring (bicyclic) bond motifs is 2. The second-order valence-corrected chi connectivity index (χ2v) is 11.6.